The van der Waals surface area contributed by atoms with Crippen LogP contribution in [0.5, 0.6) is 0 Å². The number of hydrogen-bond acceptors (Lipinski definition) is 5. The molecule has 0 amide bonds. The summed E-state index contributed by atoms with van der Waals surface area (Å²) in [4.78, 5) is 4.88. The lowest BCUT2D eigenvalue weighted by atomic mass is 9.85. The molecule has 4 aromatic rings. The molecule has 0 aliphatic rings. The Labute approximate surface area is 227 Å². The largest absolute Gasteiger partial charge is 0.310 e. The molecule has 0 aliphatic heterocycles. The van der Waals surface area contributed by atoms with Crippen LogP contribution in [0.1, 0.15) is 110 Å². The third kappa shape index (κ3) is 6.05. The Bertz CT molecular complexity index is 1310. The molecule has 8 nitrogen and oxygen atoms in total. The predicted octanol–water partition coefficient (Wildman–Crippen LogP) is 6.58. The minimum atomic E-state index is -0.0786. The summed E-state index contributed by atoms with van der Waals surface area (Å²) in [5, 5.41) is 20.0. The summed E-state index contributed by atoms with van der Waals surface area (Å²) in [7, 11) is 0. The van der Waals surface area contributed by atoms with Crippen LogP contribution >= 0.6 is 0 Å². The molecule has 0 saturated carbocycles. The van der Waals surface area contributed by atoms with E-state index in [-0.39, 0.29) is 10.8 Å². The molecular weight excluding hydrogens is 472 g/mol. The summed E-state index contributed by atoms with van der Waals surface area (Å²) >= 11 is 0. The first-order valence-electron chi connectivity index (χ1n) is 14.1. The lowest BCUT2D eigenvalue weighted by Gasteiger charge is -2.23. The van der Waals surface area contributed by atoms with E-state index in [9.17, 15) is 0 Å². The molecular formula is C30H44N8. The van der Waals surface area contributed by atoms with Crippen molar-refractivity contribution < 1.29 is 0 Å². The summed E-state index contributed by atoms with van der Waals surface area (Å²) in [6.07, 6.45) is 6.47. The zero-order valence-corrected chi connectivity index (χ0v) is 24.5. The van der Waals surface area contributed by atoms with Gasteiger partial charge in [-0.3, -0.25) is 0 Å². The van der Waals surface area contributed by atoms with E-state index < -0.39 is 0 Å². The van der Waals surface area contributed by atoms with Gasteiger partial charge in [0, 0.05) is 29.6 Å². The number of unbranched alkanes of at least 4 members (excludes halogenated alkanes) is 2. The normalized spacial score (nSPS) is 12.4. The van der Waals surface area contributed by atoms with Crippen LogP contribution in [0.25, 0.3) is 17.2 Å². The first-order chi connectivity index (χ1) is 18.0. The van der Waals surface area contributed by atoms with Crippen LogP contribution in [-0.2, 0) is 30.2 Å². The Hall–Kier alpha value is -3.29. The zero-order valence-electron chi connectivity index (χ0n) is 24.5. The van der Waals surface area contributed by atoms with Crippen molar-refractivity contribution in [2.45, 2.75) is 111 Å². The number of tetrazole rings is 1. The standard InChI is InChI=1S/C30H44N8/c1-9-11-13-25-31-26(14-12-10-2)37(34-25)20-21-15-17-22(18-16-21)38-24(30(6,7)8)19-23(29(3,4)5)27(38)28-32-35-36-33-28/h15-19H,9-14,20H2,1-8H3,(H,32,33,35,36). The lowest BCUT2D eigenvalue weighted by molar-refractivity contribution is 0.556. The van der Waals surface area contributed by atoms with Crippen molar-refractivity contribution in [3.8, 4) is 17.2 Å². The van der Waals surface area contributed by atoms with Crippen LogP contribution < -0.4 is 0 Å². The number of rotatable bonds is 10. The molecule has 8 heteroatoms. The number of aromatic amines is 1. The molecule has 0 bridgehead atoms. The maximum absolute atomic E-state index is 4.88. The van der Waals surface area contributed by atoms with Crippen molar-refractivity contribution >= 4 is 0 Å². The van der Waals surface area contributed by atoms with Crippen LogP contribution in [0.15, 0.2) is 30.3 Å². The van der Waals surface area contributed by atoms with Crippen LogP contribution in [0.2, 0.25) is 0 Å². The van der Waals surface area contributed by atoms with Crippen LogP contribution in [0.4, 0.5) is 0 Å². The Morgan fingerprint density at radius 3 is 2.13 bits per heavy atom. The Morgan fingerprint density at radius 2 is 1.55 bits per heavy atom. The van der Waals surface area contributed by atoms with Gasteiger partial charge >= 0.3 is 0 Å². The zero-order chi connectivity index (χ0) is 27.5. The van der Waals surface area contributed by atoms with Crippen molar-refractivity contribution in [1.82, 2.24) is 40.0 Å². The number of benzene rings is 1. The number of aromatic nitrogens is 8. The van der Waals surface area contributed by atoms with E-state index >= 15 is 0 Å². The summed E-state index contributed by atoms with van der Waals surface area (Å²) in [6.45, 7) is 18.6. The molecule has 0 aliphatic carbocycles. The van der Waals surface area contributed by atoms with Crippen molar-refractivity contribution in [3.63, 3.8) is 0 Å². The van der Waals surface area contributed by atoms with E-state index in [0.717, 1.165) is 68.1 Å². The number of H-pyrrole nitrogens is 1. The number of nitrogens with zero attached hydrogens (tertiary/aromatic N) is 7. The van der Waals surface area contributed by atoms with Crippen LogP contribution in [-0.4, -0.2) is 40.0 Å². The maximum Gasteiger partial charge on any atom is 0.196 e. The third-order valence-corrected chi connectivity index (χ3v) is 6.97. The van der Waals surface area contributed by atoms with E-state index in [1.54, 1.807) is 0 Å². The fourth-order valence-corrected chi connectivity index (χ4v) is 4.83. The molecule has 0 spiro atoms. The molecule has 3 heterocycles. The molecule has 4 rings (SSSR count). The Kier molecular flexibility index (Phi) is 8.19. The quantitative estimate of drug-likeness (QED) is 0.257. The number of nitrogens with one attached hydrogen (secondary N) is 1. The second-order valence-electron chi connectivity index (χ2n) is 12.4. The highest BCUT2D eigenvalue weighted by atomic mass is 15.5. The Balaban J connectivity index is 1.73. The van der Waals surface area contributed by atoms with Gasteiger partial charge in [-0.25, -0.2) is 14.8 Å². The van der Waals surface area contributed by atoms with E-state index in [1.807, 2.05) is 0 Å². The predicted molar refractivity (Wildman–Crippen MR) is 153 cm³/mol. The van der Waals surface area contributed by atoms with Gasteiger partial charge in [-0.15, -0.1) is 5.10 Å². The Morgan fingerprint density at radius 1 is 0.868 bits per heavy atom. The molecule has 1 N–H and O–H groups in total. The first kappa shape index (κ1) is 27.7. The number of aryl methyl sites for hydroxylation is 2. The fourth-order valence-electron chi connectivity index (χ4n) is 4.83. The van der Waals surface area contributed by atoms with Gasteiger partial charge in [-0.1, -0.05) is 80.4 Å². The summed E-state index contributed by atoms with van der Waals surface area (Å²) in [6, 6.07) is 11.1. The first-order valence-corrected chi connectivity index (χ1v) is 14.1. The molecule has 0 saturated heterocycles. The van der Waals surface area contributed by atoms with Gasteiger partial charge in [0.1, 0.15) is 5.82 Å². The molecule has 38 heavy (non-hydrogen) atoms. The van der Waals surface area contributed by atoms with E-state index in [2.05, 4.69) is 116 Å². The average molecular weight is 517 g/mol. The molecule has 0 atom stereocenters. The smallest absolute Gasteiger partial charge is 0.196 e. The lowest BCUT2D eigenvalue weighted by Crippen LogP contribution is -2.17. The van der Waals surface area contributed by atoms with Gasteiger partial charge in [0.05, 0.1) is 12.2 Å². The second-order valence-corrected chi connectivity index (χ2v) is 12.4. The molecule has 0 unspecified atom stereocenters. The SMILES string of the molecule is CCCCc1nc(CCCC)n(Cc2ccc(-n3c(C(C)(C)C)cc(C(C)(C)C)c3-c3nnn[nH]3)cc2)n1. The minimum Gasteiger partial charge on any atom is -0.310 e. The average Bonchev–Trinajstić information content (AvgIpc) is 3.59. The summed E-state index contributed by atoms with van der Waals surface area (Å²) in [5.74, 6) is 2.74. The van der Waals surface area contributed by atoms with Gasteiger partial charge in [0.15, 0.2) is 11.6 Å². The van der Waals surface area contributed by atoms with Crippen LogP contribution in [0.3, 0.4) is 0 Å². The molecule has 1 aromatic carbocycles. The van der Waals surface area contributed by atoms with Gasteiger partial charge in [0.25, 0.3) is 0 Å². The van der Waals surface area contributed by atoms with Gasteiger partial charge in [-0.05, 0) is 58.0 Å². The van der Waals surface area contributed by atoms with Gasteiger partial charge < -0.3 is 4.57 Å². The topological polar surface area (TPSA) is 90.1 Å². The monoisotopic (exact) mass is 516 g/mol. The van der Waals surface area contributed by atoms with Crippen molar-refractivity contribution in [2.75, 3.05) is 0 Å². The van der Waals surface area contributed by atoms with E-state index in [1.165, 1.54) is 16.8 Å². The molecule has 0 fully saturated rings. The van der Waals surface area contributed by atoms with Gasteiger partial charge in [0.2, 0.25) is 0 Å². The maximum atomic E-state index is 4.88. The van der Waals surface area contributed by atoms with Crippen molar-refractivity contribution in [2.24, 2.45) is 0 Å². The third-order valence-electron chi connectivity index (χ3n) is 6.97. The highest BCUT2D eigenvalue weighted by molar-refractivity contribution is 5.64. The summed E-state index contributed by atoms with van der Waals surface area (Å²) < 4.78 is 4.42. The van der Waals surface area contributed by atoms with Gasteiger partial charge in [-0.2, -0.15) is 5.10 Å². The van der Waals surface area contributed by atoms with Crippen LogP contribution in [0, 0.1) is 0 Å². The molecule has 0 radical (unpaired) electrons. The number of hydrogen-bond donors (Lipinski definition) is 1. The molecule has 3 aromatic heterocycles. The summed E-state index contributed by atoms with van der Waals surface area (Å²) in [5.41, 5.74) is 5.60. The second kappa shape index (κ2) is 11.2. The minimum absolute atomic E-state index is 0.0752. The molecule has 204 valence electrons. The highest BCUT2D eigenvalue weighted by Gasteiger charge is 2.31. The van der Waals surface area contributed by atoms with Crippen molar-refractivity contribution in [3.05, 3.63) is 58.8 Å². The van der Waals surface area contributed by atoms with Crippen molar-refractivity contribution in [1.29, 1.82) is 0 Å². The fraction of sp³-hybridized carbons (Fsp3) is 0.567. The van der Waals surface area contributed by atoms with E-state index in [0.29, 0.717) is 5.82 Å². The highest BCUT2D eigenvalue weighted by Crippen LogP contribution is 2.40. The van der Waals surface area contributed by atoms with E-state index in [4.69, 9.17) is 10.1 Å².